The second-order valence-electron chi connectivity index (χ2n) is 26.0. The molecule has 6 aliphatic rings. The molecule has 14 nitrogen and oxygen atoms in total. The van der Waals surface area contributed by atoms with Gasteiger partial charge in [0.1, 0.15) is 0 Å². The van der Waals surface area contributed by atoms with Crippen molar-refractivity contribution in [3.05, 3.63) is 191 Å². The lowest BCUT2D eigenvalue weighted by molar-refractivity contribution is -0.117. The number of ether oxygens (including phenoxy) is 2. The molecule has 0 radical (unpaired) electrons. The third-order valence-electron chi connectivity index (χ3n) is 17.0. The molecular formula is C76H82N10O4S4. The Labute approximate surface area is 570 Å². The molecule has 12 rings (SSSR count). The number of amides is 2. The number of fused-ring (bicyclic) bond motifs is 2. The summed E-state index contributed by atoms with van der Waals surface area (Å²) in [6.07, 6.45) is 8.66. The number of hydrogen-bond acceptors (Lipinski definition) is 16. The Morgan fingerprint density at radius 1 is 0.447 bits per heavy atom. The van der Waals surface area contributed by atoms with Crippen molar-refractivity contribution in [2.75, 3.05) is 55.0 Å². The monoisotopic (exact) mass is 1330 g/mol. The molecule has 0 spiro atoms. The number of carbonyl (C=O) groups excluding carboxylic acids is 2. The Bertz CT molecular complexity index is 3730. The van der Waals surface area contributed by atoms with E-state index in [1.54, 1.807) is 0 Å². The molecule has 6 heterocycles. The van der Waals surface area contributed by atoms with Crippen LogP contribution in [0.5, 0.6) is 0 Å². The van der Waals surface area contributed by atoms with Gasteiger partial charge in [-0.1, -0.05) is 146 Å². The minimum Gasteiger partial charge on any atom is -0.340 e. The van der Waals surface area contributed by atoms with Gasteiger partial charge in [-0.15, -0.1) is 0 Å². The van der Waals surface area contributed by atoms with E-state index in [1.807, 2.05) is 154 Å². The zero-order valence-electron chi connectivity index (χ0n) is 54.9. The first-order chi connectivity index (χ1) is 45.6. The predicted molar refractivity (Wildman–Crippen MR) is 397 cm³/mol. The maximum Gasteiger partial charge on any atom is 0.224 e. The van der Waals surface area contributed by atoms with Gasteiger partial charge >= 0.3 is 0 Å². The van der Waals surface area contributed by atoms with Crippen molar-refractivity contribution in [2.45, 2.75) is 154 Å². The number of benzene rings is 6. The molecule has 18 heteroatoms. The topological polar surface area (TPSA) is 139 Å². The molecule has 2 N–H and O–H groups in total. The number of carbonyl (C=O) groups is 2. The number of amidine groups is 4. The molecule has 6 aromatic rings. The summed E-state index contributed by atoms with van der Waals surface area (Å²) in [5.41, 5.74) is 10.6. The van der Waals surface area contributed by atoms with Crippen molar-refractivity contribution in [1.82, 2.24) is 0 Å². The van der Waals surface area contributed by atoms with Crippen LogP contribution >= 0.6 is 43.2 Å². The van der Waals surface area contributed by atoms with E-state index in [-0.39, 0.29) is 22.6 Å². The van der Waals surface area contributed by atoms with Crippen LogP contribution in [0.4, 0.5) is 34.1 Å². The van der Waals surface area contributed by atoms with Gasteiger partial charge in [-0.3, -0.25) is 29.2 Å². The normalized spacial score (nSPS) is 19.8. The Morgan fingerprint density at radius 3 is 1.02 bits per heavy atom. The van der Waals surface area contributed by atoms with Gasteiger partial charge in [0, 0.05) is 104 Å². The van der Waals surface area contributed by atoms with Crippen LogP contribution in [0.25, 0.3) is 0 Å². The van der Waals surface area contributed by atoms with Crippen LogP contribution in [0.3, 0.4) is 0 Å². The van der Waals surface area contributed by atoms with Crippen LogP contribution in [0.15, 0.2) is 177 Å². The number of nitrogens with one attached hydrogen (secondary N) is 2. The molecule has 0 saturated carbocycles. The summed E-state index contributed by atoms with van der Waals surface area (Å²) >= 11 is 0. The first-order valence-electron chi connectivity index (χ1n) is 32.9. The maximum atomic E-state index is 12.8. The van der Waals surface area contributed by atoms with Crippen molar-refractivity contribution >= 4 is 112 Å². The van der Waals surface area contributed by atoms with E-state index in [0.717, 1.165) is 92.6 Å². The summed E-state index contributed by atoms with van der Waals surface area (Å²) < 4.78 is 13.4. The fourth-order valence-corrected chi connectivity index (χ4v) is 17.9. The molecule has 0 aliphatic carbocycles. The van der Waals surface area contributed by atoms with E-state index >= 15 is 0 Å². The van der Waals surface area contributed by atoms with Crippen molar-refractivity contribution in [3.8, 4) is 23.7 Å². The fraction of sp³-hybridized carbons (Fsp3) is 0.368. The van der Waals surface area contributed by atoms with E-state index in [2.05, 4.69) is 144 Å². The zero-order valence-corrected chi connectivity index (χ0v) is 58.2. The van der Waals surface area contributed by atoms with Crippen molar-refractivity contribution in [3.63, 3.8) is 0 Å². The first kappa shape index (κ1) is 66.3. The second kappa shape index (κ2) is 29.9. The molecule has 94 heavy (non-hydrogen) atoms. The molecule has 6 aliphatic heterocycles. The SMILES string of the molecule is CCOC1N(c2ccc(C#Cc3ccc(NC(=O)CCCCC4CCSS4)cc3)cc2)C2=N/C(=C3\N=C4C(=N3)N(c3ccc(C(C)(C)C)cc3)C(OCC)N4c3ccc(C#Cc4ccc(NC(=O)CCCCC5CCSS5)cc4)cc3)N=C2N1c1ccc(C(C)(C)C)cc1. The molecule has 484 valence electrons. The number of nitrogens with zero attached hydrogens (tertiary/aromatic N) is 8. The first-order valence-corrected chi connectivity index (χ1v) is 37.6. The quantitative estimate of drug-likeness (QED) is 0.0427. The number of anilines is 6. The minimum absolute atomic E-state index is 0.0454. The van der Waals surface area contributed by atoms with Crippen LogP contribution in [0.1, 0.15) is 153 Å². The van der Waals surface area contributed by atoms with E-state index in [1.165, 1.54) is 48.3 Å². The lowest BCUT2D eigenvalue weighted by atomic mass is 9.87. The van der Waals surface area contributed by atoms with Crippen molar-refractivity contribution in [1.29, 1.82) is 0 Å². The zero-order chi connectivity index (χ0) is 65.3. The average Bonchev–Trinajstić information content (AvgIpc) is 1.57. The molecule has 2 amide bonds. The summed E-state index contributed by atoms with van der Waals surface area (Å²) in [7, 11) is 7.92. The minimum atomic E-state index is -0.633. The number of rotatable bonds is 20. The lowest BCUT2D eigenvalue weighted by Crippen LogP contribution is -2.43. The van der Waals surface area contributed by atoms with E-state index < -0.39 is 12.7 Å². The highest BCUT2D eigenvalue weighted by Gasteiger charge is 2.50. The van der Waals surface area contributed by atoms with Crippen molar-refractivity contribution in [2.24, 2.45) is 20.0 Å². The molecule has 4 saturated heterocycles. The van der Waals surface area contributed by atoms with Gasteiger partial charge < -0.3 is 20.1 Å². The van der Waals surface area contributed by atoms with Crippen LogP contribution < -0.4 is 30.2 Å². The molecule has 4 unspecified atom stereocenters. The highest BCUT2D eigenvalue weighted by Crippen LogP contribution is 2.43. The summed E-state index contributed by atoms with van der Waals surface area (Å²) in [4.78, 5) is 55.3. The van der Waals surface area contributed by atoms with Crippen LogP contribution in [-0.4, -0.2) is 83.1 Å². The summed E-state index contributed by atoms with van der Waals surface area (Å²) in [6, 6.07) is 48.8. The predicted octanol–water partition coefficient (Wildman–Crippen LogP) is 17.1. The van der Waals surface area contributed by atoms with Gasteiger partial charge in [-0.2, -0.15) is 0 Å². The number of hydrogen-bond donors (Lipinski definition) is 2. The summed E-state index contributed by atoms with van der Waals surface area (Å²) in [5.74, 6) is 19.0. The largest absolute Gasteiger partial charge is 0.340 e. The smallest absolute Gasteiger partial charge is 0.224 e. The summed E-state index contributed by atoms with van der Waals surface area (Å²) in [5, 5.41) is 7.59. The van der Waals surface area contributed by atoms with E-state index in [0.29, 0.717) is 61.0 Å². The summed E-state index contributed by atoms with van der Waals surface area (Å²) in [6.45, 7) is 18.1. The van der Waals surface area contributed by atoms with E-state index in [9.17, 15) is 9.59 Å². The molecule has 0 aromatic heterocycles. The van der Waals surface area contributed by atoms with Crippen LogP contribution in [0, 0.1) is 23.7 Å². The molecule has 4 atom stereocenters. The van der Waals surface area contributed by atoms with E-state index in [4.69, 9.17) is 29.4 Å². The number of aliphatic imine (C=N–C) groups is 4. The molecule has 0 bridgehead atoms. The van der Waals surface area contributed by atoms with Crippen molar-refractivity contribution < 1.29 is 19.1 Å². The third-order valence-corrected chi connectivity index (χ3v) is 23.1. The van der Waals surface area contributed by atoms with Gasteiger partial charge in [0.15, 0.2) is 23.3 Å². The highest BCUT2D eigenvalue weighted by atomic mass is 33.1. The van der Waals surface area contributed by atoms with Gasteiger partial charge in [-0.25, -0.2) is 20.0 Å². The highest BCUT2D eigenvalue weighted by molar-refractivity contribution is 8.77. The van der Waals surface area contributed by atoms with Gasteiger partial charge in [0.2, 0.25) is 36.2 Å². The third kappa shape index (κ3) is 15.8. The van der Waals surface area contributed by atoms with Gasteiger partial charge in [0.25, 0.3) is 0 Å². The second-order valence-corrected chi connectivity index (χ2v) is 31.6. The maximum absolute atomic E-state index is 12.8. The lowest BCUT2D eigenvalue weighted by Gasteiger charge is -2.31. The van der Waals surface area contributed by atoms with Crippen LogP contribution in [0.2, 0.25) is 0 Å². The number of unbranched alkanes of at least 4 members (excludes halogenated alkanes) is 2. The standard InChI is InChI=1S/C76H82N10O4S4/c1-9-89-73-83(59-39-27-53(28-40-59)21-19-51-23-35-57(36-24-51)77-65(87)17-13-11-15-63-47-49-91-93-63)69-71(85(73)61-43-31-55(32-44-61)75(3,4)5)81-67(79-69)68-80-70-72(82-68)86(62-45-33-56(34-46-62)76(6,7)8)74(90-10-2)84(70)60-41-29-54(30-42-60)22-20-52-25-37-58(38-26-52)78-66(88)18-14-12-16-64-48-50-92-94-64/h23-46,63-64,73-74H,9-18,47-50H2,1-8H3,(H,77,87)(H,78,88)/b68-67-. The Balaban J connectivity index is 0.823. The Hall–Kier alpha value is -7.68. The van der Waals surface area contributed by atoms with Gasteiger partial charge in [-0.05, 0) is 196 Å². The molecular weight excluding hydrogens is 1250 g/mol. The van der Waals surface area contributed by atoms with Gasteiger partial charge in [0.05, 0.1) is 0 Å². The fourth-order valence-electron chi connectivity index (χ4n) is 11.9. The Morgan fingerprint density at radius 2 is 0.745 bits per heavy atom. The average molecular weight is 1330 g/mol. The molecule has 4 fully saturated rings. The Kier molecular flexibility index (Phi) is 21.1. The molecule has 6 aromatic carbocycles. The van der Waals surface area contributed by atoms with Crippen LogP contribution in [-0.2, 0) is 29.9 Å².